The van der Waals surface area contributed by atoms with Gasteiger partial charge in [-0.15, -0.1) is 0 Å². The predicted octanol–water partition coefficient (Wildman–Crippen LogP) is 0.806. The summed E-state index contributed by atoms with van der Waals surface area (Å²) in [5.41, 5.74) is -0.00792. The van der Waals surface area contributed by atoms with Gasteiger partial charge in [-0.2, -0.15) is 4.99 Å². The van der Waals surface area contributed by atoms with Crippen molar-refractivity contribution in [3.63, 3.8) is 0 Å². The molecule has 0 atom stereocenters. The van der Waals surface area contributed by atoms with Crippen LogP contribution in [0.4, 0.5) is 0 Å². The van der Waals surface area contributed by atoms with Gasteiger partial charge in [0.25, 0.3) is 0 Å². The van der Waals surface area contributed by atoms with Crippen LogP contribution >= 0.6 is 0 Å². The van der Waals surface area contributed by atoms with E-state index in [-0.39, 0.29) is 5.54 Å². The van der Waals surface area contributed by atoms with Crippen LogP contribution in [0.2, 0.25) is 0 Å². The second-order valence-corrected chi connectivity index (χ2v) is 3.48. The normalized spacial score (nSPS) is 19.5. The van der Waals surface area contributed by atoms with Crippen molar-refractivity contribution in [2.24, 2.45) is 4.99 Å². The lowest BCUT2D eigenvalue weighted by Gasteiger charge is -2.12. The fourth-order valence-electron chi connectivity index (χ4n) is 1.09. The van der Waals surface area contributed by atoms with Crippen molar-refractivity contribution in [1.29, 1.82) is 0 Å². The highest BCUT2D eigenvalue weighted by Gasteiger charge is 2.42. The first-order valence-electron chi connectivity index (χ1n) is 3.92. The van der Waals surface area contributed by atoms with E-state index in [0.29, 0.717) is 0 Å². The van der Waals surface area contributed by atoms with Crippen molar-refractivity contribution in [3.8, 4) is 0 Å². The van der Waals surface area contributed by atoms with Gasteiger partial charge in [-0.3, -0.25) is 0 Å². The summed E-state index contributed by atoms with van der Waals surface area (Å²) in [5.74, 6) is 0. The highest BCUT2D eigenvalue weighted by molar-refractivity contribution is 5.36. The number of rotatable bonds is 4. The van der Waals surface area contributed by atoms with Crippen LogP contribution in [0, 0.1) is 0 Å². The van der Waals surface area contributed by atoms with Crippen molar-refractivity contribution in [1.82, 2.24) is 4.90 Å². The molecule has 0 radical (unpaired) electrons. The molecule has 0 spiro atoms. The average molecular weight is 154 g/mol. The minimum absolute atomic E-state index is 0.00792. The highest BCUT2D eigenvalue weighted by atomic mass is 16.1. The van der Waals surface area contributed by atoms with E-state index in [0.717, 1.165) is 25.8 Å². The Morgan fingerprint density at radius 2 is 2.18 bits per heavy atom. The third-order valence-corrected chi connectivity index (χ3v) is 2.13. The summed E-state index contributed by atoms with van der Waals surface area (Å²) in [6, 6.07) is 0. The standard InChI is InChI=1S/C8H14N2O/c1-10(2)6-5-8(3-4-8)9-7-11/h3-6H2,1-2H3. The van der Waals surface area contributed by atoms with Gasteiger partial charge in [0.1, 0.15) is 0 Å². The van der Waals surface area contributed by atoms with E-state index in [4.69, 9.17) is 0 Å². The summed E-state index contributed by atoms with van der Waals surface area (Å²) in [6.07, 6.45) is 4.78. The lowest BCUT2D eigenvalue weighted by atomic mass is 10.2. The first-order valence-corrected chi connectivity index (χ1v) is 3.92. The maximum Gasteiger partial charge on any atom is 0.235 e. The van der Waals surface area contributed by atoms with Gasteiger partial charge in [-0.05, 0) is 39.9 Å². The highest BCUT2D eigenvalue weighted by Crippen LogP contribution is 2.42. The monoisotopic (exact) mass is 154 g/mol. The van der Waals surface area contributed by atoms with Gasteiger partial charge < -0.3 is 4.90 Å². The lowest BCUT2D eigenvalue weighted by molar-refractivity contribution is 0.375. The summed E-state index contributed by atoms with van der Waals surface area (Å²) in [6.45, 7) is 1.01. The quantitative estimate of drug-likeness (QED) is 0.443. The Kier molecular flexibility index (Phi) is 2.42. The molecule has 11 heavy (non-hydrogen) atoms. The Morgan fingerprint density at radius 1 is 1.55 bits per heavy atom. The second kappa shape index (κ2) is 3.16. The SMILES string of the molecule is CN(C)CCC1(N=C=O)CC1. The molecular weight excluding hydrogens is 140 g/mol. The Bertz CT molecular complexity index is 179. The summed E-state index contributed by atoms with van der Waals surface area (Å²) >= 11 is 0. The summed E-state index contributed by atoms with van der Waals surface area (Å²) in [5, 5.41) is 0. The van der Waals surface area contributed by atoms with Gasteiger partial charge in [0.15, 0.2) is 0 Å². The fourth-order valence-corrected chi connectivity index (χ4v) is 1.09. The van der Waals surface area contributed by atoms with E-state index in [9.17, 15) is 4.79 Å². The van der Waals surface area contributed by atoms with Crippen molar-refractivity contribution < 1.29 is 4.79 Å². The van der Waals surface area contributed by atoms with Crippen LogP contribution in [0.1, 0.15) is 19.3 Å². The van der Waals surface area contributed by atoms with E-state index in [1.807, 2.05) is 14.1 Å². The first kappa shape index (κ1) is 8.44. The summed E-state index contributed by atoms with van der Waals surface area (Å²) < 4.78 is 0. The van der Waals surface area contributed by atoms with E-state index < -0.39 is 0 Å². The molecule has 1 aliphatic rings. The Morgan fingerprint density at radius 3 is 2.55 bits per heavy atom. The van der Waals surface area contributed by atoms with Crippen LogP contribution in [0.3, 0.4) is 0 Å². The van der Waals surface area contributed by atoms with Crippen LogP contribution in [-0.4, -0.2) is 37.2 Å². The molecule has 1 fully saturated rings. The minimum atomic E-state index is -0.00792. The number of nitrogens with zero attached hydrogens (tertiary/aromatic N) is 2. The maximum atomic E-state index is 10.00. The van der Waals surface area contributed by atoms with E-state index in [2.05, 4.69) is 9.89 Å². The van der Waals surface area contributed by atoms with Crippen molar-refractivity contribution >= 4 is 6.08 Å². The Labute approximate surface area is 67.1 Å². The van der Waals surface area contributed by atoms with Crippen molar-refractivity contribution in [3.05, 3.63) is 0 Å². The molecule has 1 rings (SSSR count). The number of hydrogen-bond acceptors (Lipinski definition) is 3. The van der Waals surface area contributed by atoms with Gasteiger partial charge in [-0.25, -0.2) is 4.79 Å². The lowest BCUT2D eigenvalue weighted by Crippen LogP contribution is -2.19. The van der Waals surface area contributed by atoms with E-state index >= 15 is 0 Å². The van der Waals surface area contributed by atoms with Gasteiger partial charge >= 0.3 is 0 Å². The molecule has 3 nitrogen and oxygen atoms in total. The van der Waals surface area contributed by atoms with E-state index in [1.54, 1.807) is 6.08 Å². The number of isocyanates is 1. The van der Waals surface area contributed by atoms with Crippen LogP contribution in [-0.2, 0) is 4.79 Å². The molecule has 1 aliphatic carbocycles. The molecule has 0 unspecified atom stereocenters. The molecule has 0 aromatic carbocycles. The van der Waals surface area contributed by atoms with Gasteiger partial charge in [0, 0.05) is 0 Å². The van der Waals surface area contributed by atoms with Crippen molar-refractivity contribution in [2.45, 2.75) is 24.8 Å². The third-order valence-electron chi connectivity index (χ3n) is 2.13. The molecule has 0 saturated heterocycles. The molecular formula is C8H14N2O. The number of carbonyl (C=O) groups excluding carboxylic acids is 1. The molecule has 0 N–H and O–H groups in total. The molecule has 3 heteroatoms. The minimum Gasteiger partial charge on any atom is -0.309 e. The topological polar surface area (TPSA) is 32.7 Å². The maximum absolute atomic E-state index is 10.00. The van der Waals surface area contributed by atoms with Gasteiger partial charge in [0.2, 0.25) is 6.08 Å². The fraction of sp³-hybridized carbons (Fsp3) is 0.875. The molecule has 1 saturated carbocycles. The summed E-state index contributed by atoms with van der Waals surface area (Å²) in [4.78, 5) is 15.9. The molecule has 0 aliphatic heterocycles. The van der Waals surface area contributed by atoms with Crippen LogP contribution < -0.4 is 0 Å². The predicted molar refractivity (Wildman–Crippen MR) is 43.3 cm³/mol. The average Bonchev–Trinajstić information content (AvgIpc) is 2.67. The first-order chi connectivity index (χ1) is 5.18. The molecule has 62 valence electrons. The number of hydrogen-bond donors (Lipinski definition) is 0. The van der Waals surface area contributed by atoms with Crippen LogP contribution in [0.25, 0.3) is 0 Å². The molecule has 0 aromatic heterocycles. The van der Waals surface area contributed by atoms with Gasteiger partial charge in [0.05, 0.1) is 5.54 Å². The Balaban J connectivity index is 2.30. The Hall–Kier alpha value is -0.660. The van der Waals surface area contributed by atoms with Crippen molar-refractivity contribution in [2.75, 3.05) is 20.6 Å². The molecule has 0 amide bonds. The van der Waals surface area contributed by atoms with Crippen LogP contribution in [0.15, 0.2) is 4.99 Å². The van der Waals surface area contributed by atoms with Crippen LogP contribution in [0.5, 0.6) is 0 Å². The largest absolute Gasteiger partial charge is 0.309 e. The van der Waals surface area contributed by atoms with E-state index in [1.165, 1.54) is 0 Å². The second-order valence-electron chi connectivity index (χ2n) is 3.48. The van der Waals surface area contributed by atoms with Gasteiger partial charge in [-0.1, -0.05) is 0 Å². The smallest absolute Gasteiger partial charge is 0.235 e. The third kappa shape index (κ3) is 2.45. The zero-order chi connectivity index (χ0) is 8.32. The number of aliphatic imine (C=N–C) groups is 1. The summed E-state index contributed by atoms with van der Waals surface area (Å²) in [7, 11) is 4.06. The zero-order valence-corrected chi connectivity index (χ0v) is 7.13. The zero-order valence-electron chi connectivity index (χ0n) is 7.13. The molecule has 0 aromatic rings. The molecule has 0 bridgehead atoms. The molecule has 0 heterocycles.